The molecule has 1 aliphatic rings. The van der Waals surface area contributed by atoms with Crippen LogP contribution in [0.2, 0.25) is 0 Å². The Hall–Kier alpha value is -3.28. The van der Waals surface area contributed by atoms with E-state index >= 15 is 0 Å². The topological polar surface area (TPSA) is 74.4 Å². The van der Waals surface area contributed by atoms with Crippen molar-refractivity contribution in [1.82, 2.24) is 9.55 Å². The number of hydrogen-bond acceptors (Lipinski definition) is 4. The molecule has 0 atom stereocenters. The van der Waals surface area contributed by atoms with Crippen LogP contribution in [-0.4, -0.2) is 34.1 Å². The second-order valence-electron chi connectivity index (χ2n) is 6.44. The molecule has 0 fully saturated rings. The lowest BCUT2D eigenvalue weighted by molar-refractivity contribution is 0.411. The lowest BCUT2D eigenvalue weighted by Gasteiger charge is -2.19. The number of benzene rings is 2. The molecule has 2 aromatic carbocycles. The normalized spacial score (nSPS) is 14.6. The average Bonchev–Trinajstić information content (AvgIpc) is 3.11. The van der Waals surface area contributed by atoms with Crippen LogP contribution in [0.3, 0.4) is 0 Å². The molecule has 4 rings (SSSR count). The third-order valence-corrected chi connectivity index (χ3v) is 4.75. The van der Waals surface area contributed by atoms with Gasteiger partial charge in [0.2, 0.25) is 0 Å². The van der Waals surface area contributed by atoms with Crippen molar-refractivity contribution in [2.45, 2.75) is 6.92 Å². The minimum Gasteiger partial charge on any atom is -0.509 e. The number of fused-ring (bicyclic) bond motifs is 1. The minimum atomic E-state index is 0.154. The average molecular weight is 348 g/mol. The molecule has 132 valence electrons. The fourth-order valence-electron chi connectivity index (χ4n) is 3.33. The molecular formula is C20H20N4O2. The van der Waals surface area contributed by atoms with Crippen LogP contribution in [0.15, 0.2) is 48.2 Å². The van der Waals surface area contributed by atoms with Crippen molar-refractivity contribution in [2.75, 3.05) is 18.6 Å². The molecule has 2 heterocycles. The van der Waals surface area contributed by atoms with Gasteiger partial charge in [0.05, 0.1) is 30.3 Å². The fraction of sp³-hybridized carbons (Fsp3) is 0.200. The summed E-state index contributed by atoms with van der Waals surface area (Å²) >= 11 is 0. The zero-order valence-corrected chi connectivity index (χ0v) is 14.9. The van der Waals surface area contributed by atoms with E-state index in [0.29, 0.717) is 11.4 Å². The van der Waals surface area contributed by atoms with E-state index < -0.39 is 0 Å². The molecule has 0 saturated carbocycles. The van der Waals surface area contributed by atoms with Gasteiger partial charge in [-0.3, -0.25) is 5.41 Å². The summed E-state index contributed by atoms with van der Waals surface area (Å²) in [6, 6.07) is 13.5. The summed E-state index contributed by atoms with van der Waals surface area (Å²) in [6.45, 7) is 2.27. The summed E-state index contributed by atoms with van der Waals surface area (Å²) in [5.41, 5.74) is 4.26. The standard InChI is InChI=1S/C20H20N4O2/c1-12-4-9-16-15(10-12)22-20(23(16)2)18-17(25)11-24(19(18)21)13-5-7-14(26-3)8-6-13/h4-10,21,25H,11H2,1-3H3. The third kappa shape index (κ3) is 2.42. The number of nitrogens with zero attached hydrogens (tertiary/aromatic N) is 3. The Labute approximate surface area is 151 Å². The van der Waals surface area contributed by atoms with Crippen LogP contribution in [0.4, 0.5) is 5.69 Å². The first-order valence-electron chi connectivity index (χ1n) is 8.35. The van der Waals surface area contributed by atoms with E-state index in [0.717, 1.165) is 28.0 Å². The van der Waals surface area contributed by atoms with Crippen LogP contribution in [0.5, 0.6) is 5.75 Å². The Morgan fingerprint density at radius 1 is 1.15 bits per heavy atom. The Morgan fingerprint density at radius 3 is 2.58 bits per heavy atom. The summed E-state index contributed by atoms with van der Waals surface area (Å²) in [6.07, 6.45) is 0. The van der Waals surface area contributed by atoms with Gasteiger partial charge in [-0.15, -0.1) is 0 Å². The monoisotopic (exact) mass is 348 g/mol. The minimum absolute atomic E-state index is 0.154. The second kappa shape index (κ2) is 5.91. The Morgan fingerprint density at radius 2 is 1.88 bits per heavy atom. The molecule has 1 aromatic heterocycles. The highest BCUT2D eigenvalue weighted by Gasteiger charge is 2.32. The van der Waals surface area contributed by atoms with Gasteiger partial charge in [-0.25, -0.2) is 4.98 Å². The molecule has 0 bridgehead atoms. The lowest BCUT2D eigenvalue weighted by Crippen LogP contribution is -2.26. The Bertz CT molecular complexity index is 1050. The van der Waals surface area contributed by atoms with Gasteiger partial charge in [0.1, 0.15) is 23.2 Å². The summed E-state index contributed by atoms with van der Waals surface area (Å²) in [5, 5.41) is 19.2. The van der Waals surface area contributed by atoms with Crippen LogP contribution < -0.4 is 9.64 Å². The van der Waals surface area contributed by atoms with Crippen molar-refractivity contribution in [2.24, 2.45) is 7.05 Å². The van der Waals surface area contributed by atoms with E-state index in [-0.39, 0.29) is 18.1 Å². The van der Waals surface area contributed by atoms with Gasteiger partial charge in [0, 0.05) is 12.7 Å². The fourth-order valence-corrected chi connectivity index (χ4v) is 3.33. The van der Waals surface area contributed by atoms with Crippen molar-refractivity contribution >= 4 is 28.1 Å². The van der Waals surface area contributed by atoms with E-state index in [1.807, 2.05) is 61.0 Å². The number of rotatable bonds is 3. The third-order valence-electron chi connectivity index (χ3n) is 4.75. The van der Waals surface area contributed by atoms with Gasteiger partial charge in [-0.05, 0) is 48.9 Å². The smallest absolute Gasteiger partial charge is 0.148 e. The van der Waals surface area contributed by atoms with Crippen LogP contribution in [0, 0.1) is 12.3 Å². The largest absolute Gasteiger partial charge is 0.509 e. The number of aryl methyl sites for hydroxylation is 2. The van der Waals surface area contributed by atoms with Crippen LogP contribution in [0.1, 0.15) is 11.4 Å². The first-order chi connectivity index (χ1) is 12.5. The molecule has 0 saturated heterocycles. The number of aromatic nitrogens is 2. The number of aliphatic hydroxyl groups excluding tert-OH is 1. The Kier molecular flexibility index (Phi) is 3.68. The molecule has 1 aliphatic heterocycles. The second-order valence-corrected chi connectivity index (χ2v) is 6.44. The molecule has 26 heavy (non-hydrogen) atoms. The van der Waals surface area contributed by atoms with Gasteiger partial charge in [-0.2, -0.15) is 0 Å². The molecule has 3 aromatic rings. The predicted molar refractivity (Wildman–Crippen MR) is 103 cm³/mol. The zero-order chi connectivity index (χ0) is 18.4. The van der Waals surface area contributed by atoms with E-state index in [1.54, 1.807) is 12.0 Å². The summed E-state index contributed by atoms with van der Waals surface area (Å²) in [7, 11) is 3.52. The molecule has 0 spiro atoms. The summed E-state index contributed by atoms with van der Waals surface area (Å²) in [4.78, 5) is 6.43. The van der Waals surface area contributed by atoms with E-state index in [2.05, 4.69) is 4.98 Å². The maximum Gasteiger partial charge on any atom is 0.148 e. The number of aliphatic hydroxyl groups is 1. The highest BCUT2D eigenvalue weighted by Crippen LogP contribution is 2.32. The van der Waals surface area contributed by atoms with Crippen LogP contribution in [0.25, 0.3) is 16.6 Å². The summed E-state index contributed by atoms with van der Waals surface area (Å²) < 4.78 is 7.11. The van der Waals surface area contributed by atoms with E-state index in [1.165, 1.54) is 0 Å². The molecule has 6 nitrogen and oxygen atoms in total. The molecule has 6 heteroatoms. The van der Waals surface area contributed by atoms with Crippen LogP contribution >= 0.6 is 0 Å². The molecule has 0 aliphatic carbocycles. The van der Waals surface area contributed by atoms with Crippen molar-refractivity contribution in [3.8, 4) is 5.75 Å². The maximum atomic E-state index is 10.6. The van der Waals surface area contributed by atoms with Crippen molar-refractivity contribution in [3.63, 3.8) is 0 Å². The van der Waals surface area contributed by atoms with Gasteiger partial charge in [0.25, 0.3) is 0 Å². The van der Waals surface area contributed by atoms with Gasteiger partial charge in [0.15, 0.2) is 0 Å². The summed E-state index contributed by atoms with van der Waals surface area (Å²) in [5.74, 6) is 1.75. The molecule has 0 amide bonds. The van der Waals surface area contributed by atoms with Gasteiger partial charge < -0.3 is 19.3 Å². The lowest BCUT2D eigenvalue weighted by atomic mass is 10.2. The predicted octanol–water partition coefficient (Wildman–Crippen LogP) is 3.66. The number of imidazole rings is 1. The van der Waals surface area contributed by atoms with Gasteiger partial charge in [-0.1, -0.05) is 6.07 Å². The number of anilines is 1. The molecule has 0 radical (unpaired) electrons. The first-order valence-corrected chi connectivity index (χ1v) is 8.35. The Balaban J connectivity index is 1.74. The molecule has 2 N–H and O–H groups in total. The maximum absolute atomic E-state index is 10.6. The van der Waals surface area contributed by atoms with E-state index in [9.17, 15) is 5.11 Å². The van der Waals surface area contributed by atoms with Gasteiger partial charge >= 0.3 is 0 Å². The number of methoxy groups -OCH3 is 1. The number of amidine groups is 1. The highest BCUT2D eigenvalue weighted by atomic mass is 16.5. The van der Waals surface area contributed by atoms with Crippen molar-refractivity contribution in [1.29, 1.82) is 5.41 Å². The number of hydrogen-bond donors (Lipinski definition) is 2. The molecule has 0 unspecified atom stereocenters. The van der Waals surface area contributed by atoms with E-state index in [4.69, 9.17) is 10.1 Å². The number of ether oxygens (including phenoxy) is 1. The van der Waals surface area contributed by atoms with Crippen molar-refractivity contribution in [3.05, 3.63) is 59.6 Å². The van der Waals surface area contributed by atoms with Crippen LogP contribution in [-0.2, 0) is 7.05 Å². The number of nitrogens with one attached hydrogen (secondary N) is 1. The van der Waals surface area contributed by atoms with Crippen molar-refractivity contribution < 1.29 is 9.84 Å². The zero-order valence-electron chi connectivity index (χ0n) is 14.9. The highest BCUT2D eigenvalue weighted by molar-refractivity contribution is 6.30. The SMILES string of the molecule is COc1ccc(N2CC(O)=C(c3nc4cc(C)ccc4n3C)C2=N)cc1. The quantitative estimate of drug-likeness (QED) is 0.757. The molecular weight excluding hydrogens is 328 g/mol. The first kappa shape index (κ1) is 16.2.